The van der Waals surface area contributed by atoms with E-state index in [-0.39, 0.29) is 47.5 Å². The minimum absolute atomic E-state index is 0. The van der Waals surface area contributed by atoms with Crippen molar-refractivity contribution in [2.75, 3.05) is 11.1 Å². The van der Waals surface area contributed by atoms with Gasteiger partial charge < -0.3 is 6.74 Å². The summed E-state index contributed by atoms with van der Waals surface area (Å²) in [4.78, 5) is 11.4. The van der Waals surface area contributed by atoms with Crippen LogP contribution in [0, 0.1) is 0 Å². The zero-order chi connectivity index (χ0) is 15.1. The Balaban J connectivity index is 0.000000595. The Labute approximate surface area is 175 Å². The minimum atomic E-state index is 0. The van der Waals surface area contributed by atoms with Gasteiger partial charge in [-0.2, -0.15) is 15.0 Å². The zero-order valence-electron chi connectivity index (χ0n) is 12.5. The van der Waals surface area contributed by atoms with Gasteiger partial charge in [-0.1, -0.05) is 51.4 Å². The maximum atomic E-state index is 5.95. The van der Waals surface area contributed by atoms with E-state index in [2.05, 4.69) is 31.8 Å². The quantitative estimate of drug-likeness (QED) is 0.614. The van der Waals surface area contributed by atoms with Gasteiger partial charge in [0.2, 0.25) is 16.5 Å². The molecule has 2 aromatic rings. The molecule has 0 saturated carbocycles. The smallest absolute Gasteiger partial charge is 1.00 e. The standard InChI is InChI=1S/C9H5Cl3N4.C3H4S2.Na.H/c10-5-3-1-2-4-6(5)13-9-15-7(11)14-8(12)16-9;1-2-4-5-3-1;;/h1-4H,(H,13,14,15,16);1-2H,3H2;;/q;;+1;-1. The topological polar surface area (TPSA) is 50.7 Å². The van der Waals surface area contributed by atoms with Crippen molar-refractivity contribution in [2.45, 2.75) is 0 Å². The Hall–Kier alpha value is 0.340. The number of para-hydroxylation sites is 1. The number of nitrogens with one attached hydrogen (secondary N) is 1. The van der Waals surface area contributed by atoms with Gasteiger partial charge in [-0.25, -0.2) is 0 Å². The van der Waals surface area contributed by atoms with E-state index in [4.69, 9.17) is 34.8 Å². The van der Waals surface area contributed by atoms with E-state index in [1.165, 1.54) is 5.75 Å². The Kier molecular flexibility index (Phi) is 10.2. The molecule has 0 aliphatic carbocycles. The van der Waals surface area contributed by atoms with E-state index in [0.29, 0.717) is 10.7 Å². The summed E-state index contributed by atoms with van der Waals surface area (Å²) < 4.78 is 0. The molecule has 0 radical (unpaired) electrons. The third-order valence-electron chi connectivity index (χ3n) is 2.09. The van der Waals surface area contributed by atoms with E-state index in [0.717, 1.165) is 0 Å². The second-order valence-electron chi connectivity index (χ2n) is 3.55. The molecule has 0 atom stereocenters. The van der Waals surface area contributed by atoms with E-state index >= 15 is 0 Å². The normalized spacial score (nSPS) is 12.1. The van der Waals surface area contributed by atoms with Gasteiger partial charge in [0.15, 0.2) is 0 Å². The molecule has 0 bridgehead atoms. The third kappa shape index (κ3) is 7.27. The monoisotopic (exact) mass is 402 g/mol. The Bertz CT molecular complexity index is 625. The largest absolute Gasteiger partial charge is 1.00 e. The van der Waals surface area contributed by atoms with Crippen LogP contribution in [0.25, 0.3) is 0 Å². The van der Waals surface area contributed by atoms with Crippen LogP contribution in [0.4, 0.5) is 11.6 Å². The van der Waals surface area contributed by atoms with E-state index < -0.39 is 0 Å². The average molecular weight is 404 g/mol. The summed E-state index contributed by atoms with van der Waals surface area (Å²) in [6, 6.07) is 7.18. The molecule has 4 nitrogen and oxygen atoms in total. The molecule has 1 aliphatic heterocycles. The van der Waals surface area contributed by atoms with E-state index in [9.17, 15) is 0 Å². The fourth-order valence-corrected chi connectivity index (χ4v) is 3.38. The Morgan fingerprint density at radius 2 is 1.73 bits per heavy atom. The van der Waals surface area contributed by atoms with Gasteiger partial charge in [0, 0.05) is 5.75 Å². The molecular weight excluding hydrogens is 394 g/mol. The van der Waals surface area contributed by atoms with Gasteiger partial charge in [0.1, 0.15) is 0 Å². The van der Waals surface area contributed by atoms with Crippen molar-refractivity contribution in [3.8, 4) is 0 Å². The van der Waals surface area contributed by atoms with E-state index in [1.807, 2.05) is 33.7 Å². The van der Waals surface area contributed by atoms with Crippen molar-refractivity contribution < 1.29 is 31.0 Å². The molecule has 1 N–H and O–H groups in total. The van der Waals surface area contributed by atoms with Crippen LogP contribution in [0.3, 0.4) is 0 Å². The third-order valence-corrected chi connectivity index (χ3v) is 4.67. The molecule has 22 heavy (non-hydrogen) atoms. The minimum Gasteiger partial charge on any atom is -1.00 e. The Morgan fingerprint density at radius 1 is 1.05 bits per heavy atom. The predicted octanol–water partition coefficient (Wildman–Crippen LogP) is 2.59. The van der Waals surface area contributed by atoms with Gasteiger partial charge in [0.05, 0.1) is 10.7 Å². The molecular formula is C12H10Cl3N4NaS2. The van der Waals surface area contributed by atoms with Gasteiger partial charge in [-0.15, -0.1) is 0 Å². The summed E-state index contributed by atoms with van der Waals surface area (Å²) in [5.74, 6) is 1.45. The molecule has 0 saturated heterocycles. The first-order chi connectivity index (χ1) is 10.1. The van der Waals surface area contributed by atoms with Crippen molar-refractivity contribution >= 4 is 68.0 Å². The zero-order valence-corrected chi connectivity index (χ0v) is 17.4. The van der Waals surface area contributed by atoms with Crippen LogP contribution in [-0.4, -0.2) is 20.7 Å². The van der Waals surface area contributed by atoms with E-state index in [1.54, 1.807) is 12.1 Å². The number of halogens is 3. The number of nitrogens with zero attached hydrogens (tertiary/aromatic N) is 3. The fraction of sp³-hybridized carbons (Fsp3) is 0.0833. The molecule has 0 fully saturated rings. The molecule has 1 aromatic heterocycles. The molecule has 1 aliphatic rings. The number of anilines is 2. The summed E-state index contributed by atoms with van der Waals surface area (Å²) in [6.07, 6.45) is 2.16. The maximum absolute atomic E-state index is 5.95. The molecule has 0 unspecified atom stereocenters. The van der Waals surface area contributed by atoms with Gasteiger partial charge in [0.25, 0.3) is 0 Å². The summed E-state index contributed by atoms with van der Waals surface area (Å²) >= 11 is 17.2. The first-order valence-corrected chi connectivity index (χ1v) is 9.18. The van der Waals surface area contributed by atoms with Crippen molar-refractivity contribution in [3.05, 3.63) is 51.3 Å². The first kappa shape index (κ1) is 20.4. The Morgan fingerprint density at radius 3 is 2.23 bits per heavy atom. The van der Waals surface area contributed by atoms with Crippen molar-refractivity contribution in [3.63, 3.8) is 0 Å². The van der Waals surface area contributed by atoms with Crippen LogP contribution in [0.15, 0.2) is 35.7 Å². The SMILES string of the molecule is C1=CSSC1.Clc1nc(Cl)nc(Nc2ccccc2Cl)n1.[H-].[Na+]. The number of hydrogen-bond acceptors (Lipinski definition) is 6. The van der Waals surface area contributed by atoms with Crippen molar-refractivity contribution in [1.82, 2.24) is 15.0 Å². The second kappa shape index (κ2) is 11.0. The molecule has 3 rings (SSSR count). The predicted molar refractivity (Wildman–Crippen MR) is 94.9 cm³/mol. The average Bonchev–Trinajstić information content (AvgIpc) is 2.99. The molecule has 112 valence electrons. The number of benzene rings is 1. The molecule has 2 heterocycles. The maximum Gasteiger partial charge on any atom is 1.00 e. The summed E-state index contributed by atoms with van der Waals surface area (Å²) in [7, 11) is 3.69. The molecule has 0 amide bonds. The van der Waals surface area contributed by atoms with Crippen LogP contribution in [0.2, 0.25) is 15.6 Å². The van der Waals surface area contributed by atoms with Crippen LogP contribution >= 0.6 is 56.4 Å². The van der Waals surface area contributed by atoms with Gasteiger partial charge >= 0.3 is 29.6 Å². The molecule has 0 spiro atoms. The van der Waals surface area contributed by atoms with Crippen LogP contribution in [-0.2, 0) is 0 Å². The van der Waals surface area contributed by atoms with Crippen molar-refractivity contribution in [2.24, 2.45) is 0 Å². The van der Waals surface area contributed by atoms with Crippen molar-refractivity contribution in [1.29, 1.82) is 0 Å². The fourth-order valence-electron chi connectivity index (χ4n) is 1.26. The number of aromatic nitrogens is 3. The molecule has 1 aromatic carbocycles. The second-order valence-corrected chi connectivity index (χ2v) is 6.96. The van der Waals surface area contributed by atoms with Gasteiger partial charge in [-0.05, 0) is 40.7 Å². The van der Waals surface area contributed by atoms with Gasteiger partial charge in [-0.3, -0.25) is 0 Å². The van der Waals surface area contributed by atoms with Crippen LogP contribution in [0.5, 0.6) is 0 Å². The van der Waals surface area contributed by atoms with Crippen LogP contribution < -0.4 is 34.9 Å². The number of rotatable bonds is 2. The molecule has 10 heteroatoms. The summed E-state index contributed by atoms with van der Waals surface area (Å²) in [5, 5.41) is 5.60. The van der Waals surface area contributed by atoms with Crippen LogP contribution in [0.1, 0.15) is 1.43 Å². The number of hydrogen-bond donors (Lipinski definition) is 1. The summed E-state index contributed by atoms with van der Waals surface area (Å²) in [6.45, 7) is 0. The summed E-state index contributed by atoms with van der Waals surface area (Å²) in [5.41, 5.74) is 0.669. The first-order valence-electron chi connectivity index (χ1n) is 5.67.